The van der Waals surface area contributed by atoms with Gasteiger partial charge in [-0.25, -0.2) is 12.8 Å². The van der Waals surface area contributed by atoms with Crippen LogP contribution in [0.5, 0.6) is 0 Å². The average molecular weight is 338 g/mol. The third kappa shape index (κ3) is 5.46. The molecule has 0 amide bonds. The van der Waals surface area contributed by atoms with Crippen LogP contribution >= 0.6 is 15.9 Å². The molecule has 1 unspecified atom stereocenters. The van der Waals surface area contributed by atoms with E-state index < -0.39 is 9.84 Å². The van der Waals surface area contributed by atoms with E-state index in [0.29, 0.717) is 23.0 Å². The van der Waals surface area contributed by atoms with Gasteiger partial charge >= 0.3 is 0 Å². The SMILES string of the molecule is CCNC(Cc1ccc(Br)cc1F)CS(C)(=O)=O. The van der Waals surface area contributed by atoms with Crippen molar-refractivity contribution in [3.63, 3.8) is 0 Å². The van der Waals surface area contributed by atoms with Crippen LogP contribution in [0.4, 0.5) is 4.39 Å². The van der Waals surface area contributed by atoms with E-state index in [4.69, 9.17) is 0 Å². The fourth-order valence-corrected chi connectivity index (χ4v) is 3.10. The number of hydrogen-bond acceptors (Lipinski definition) is 3. The van der Waals surface area contributed by atoms with Gasteiger partial charge in [-0.1, -0.05) is 28.9 Å². The van der Waals surface area contributed by atoms with Gasteiger partial charge in [-0.2, -0.15) is 0 Å². The third-order valence-electron chi connectivity index (χ3n) is 2.48. The zero-order valence-corrected chi connectivity index (χ0v) is 12.8. The predicted molar refractivity (Wildman–Crippen MR) is 75.0 cm³/mol. The molecular formula is C12H17BrFNO2S. The number of hydrogen-bond donors (Lipinski definition) is 1. The van der Waals surface area contributed by atoms with Crippen LogP contribution in [0.3, 0.4) is 0 Å². The molecule has 0 aliphatic rings. The molecule has 0 saturated heterocycles. The lowest BCUT2D eigenvalue weighted by atomic mass is 10.1. The van der Waals surface area contributed by atoms with Crippen molar-refractivity contribution in [3.8, 4) is 0 Å². The van der Waals surface area contributed by atoms with E-state index in [1.54, 1.807) is 12.1 Å². The maximum atomic E-state index is 13.7. The first-order valence-electron chi connectivity index (χ1n) is 5.67. The van der Waals surface area contributed by atoms with Gasteiger partial charge in [0, 0.05) is 16.8 Å². The summed E-state index contributed by atoms with van der Waals surface area (Å²) in [6, 6.07) is 4.55. The van der Waals surface area contributed by atoms with E-state index in [0.717, 1.165) is 0 Å². The van der Waals surface area contributed by atoms with Gasteiger partial charge in [0.15, 0.2) is 0 Å². The highest BCUT2D eigenvalue weighted by atomic mass is 79.9. The summed E-state index contributed by atoms with van der Waals surface area (Å²) in [5.41, 5.74) is 0.521. The third-order valence-corrected chi connectivity index (χ3v) is 3.98. The second-order valence-corrected chi connectivity index (χ2v) is 7.39. The Kier molecular flexibility index (Phi) is 5.75. The molecule has 1 N–H and O–H groups in total. The molecule has 0 radical (unpaired) electrons. The van der Waals surface area contributed by atoms with E-state index in [2.05, 4.69) is 21.2 Å². The summed E-state index contributed by atoms with van der Waals surface area (Å²) in [6.45, 7) is 2.55. The van der Waals surface area contributed by atoms with Gasteiger partial charge in [0.25, 0.3) is 0 Å². The molecule has 6 heteroatoms. The second kappa shape index (κ2) is 6.63. The van der Waals surface area contributed by atoms with Gasteiger partial charge in [-0.15, -0.1) is 0 Å². The molecule has 0 aliphatic heterocycles. The monoisotopic (exact) mass is 337 g/mol. The smallest absolute Gasteiger partial charge is 0.148 e. The lowest BCUT2D eigenvalue weighted by Gasteiger charge is -2.17. The normalized spacial score (nSPS) is 13.6. The summed E-state index contributed by atoms with van der Waals surface area (Å²) in [7, 11) is -3.08. The molecule has 18 heavy (non-hydrogen) atoms. The van der Waals surface area contributed by atoms with Crippen LogP contribution in [-0.2, 0) is 16.3 Å². The van der Waals surface area contributed by atoms with Crippen molar-refractivity contribution >= 4 is 25.8 Å². The van der Waals surface area contributed by atoms with E-state index >= 15 is 0 Å². The Morgan fingerprint density at radius 3 is 2.61 bits per heavy atom. The second-order valence-electron chi connectivity index (χ2n) is 4.29. The molecule has 0 aromatic heterocycles. The number of nitrogens with one attached hydrogen (secondary N) is 1. The number of benzene rings is 1. The van der Waals surface area contributed by atoms with E-state index in [-0.39, 0.29) is 17.6 Å². The summed E-state index contributed by atoms with van der Waals surface area (Å²) in [4.78, 5) is 0. The Morgan fingerprint density at radius 2 is 2.11 bits per heavy atom. The van der Waals surface area contributed by atoms with Crippen molar-refractivity contribution < 1.29 is 12.8 Å². The number of likely N-dealkylation sites (N-methyl/N-ethyl adjacent to an activating group) is 1. The minimum absolute atomic E-state index is 0.0103. The van der Waals surface area contributed by atoms with Gasteiger partial charge in [0.2, 0.25) is 0 Å². The van der Waals surface area contributed by atoms with E-state index in [1.807, 2.05) is 6.92 Å². The van der Waals surface area contributed by atoms with Gasteiger partial charge in [-0.05, 0) is 30.7 Å². The lowest BCUT2D eigenvalue weighted by molar-refractivity contribution is 0.528. The van der Waals surface area contributed by atoms with Crippen LogP contribution < -0.4 is 5.32 Å². The molecule has 0 fully saturated rings. The Labute approximate surface area is 116 Å². The molecule has 1 atom stereocenters. The Hall–Kier alpha value is -0.460. The first-order valence-corrected chi connectivity index (χ1v) is 8.52. The molecule has 1 rings (SSSR count). The molecule has 1 aromatic rings. The molecule has 0 heterocycles. The minimum atomic E-state index is -3.08. The molecule has 102 valence electrons. The topological polar surface area (TPSA) is 46.2 Å². The quantitative estimate of drug-likeness (QED) is 0.865. The molecular weight excluding hydrogens is 321 g/mol. The van der Waals surface area contributed by atoms with Crippen molar-refractivity contribution in [2.45, 2.75) is 19.4 Å². The van der Waals surface area contributed by atoms with Crippen molar-refractivity contribution in [1.29, 1.82) is 0 Å². The van der Waals surface area contributed by atoms with Crippen LogP contribution in [0.25, 0.3) is 0 Å². The van der Waals surface area contributed by atoms with Crippen molar-refractivity contribution in [2.75, 3.05) is 18.6 Å². The summed E-state index contributed by atoms with van der Waals surface area (Å²) < 4.78 is 37.0. The fraction of sp³-hybridized carbons (Fsp3) is 0.500. The maximum Gasteiger partial charge on any atom is 0.148 e. The summed E-state index contributed by atoms with van der Waals surface area (Å²) in [5.74, 6) is -0.308. The first kappa shape index (κ1) is 15.6. The van der Waals surface area contributed by atoms with Crippen molar-refractivity contribution in [3.05, 3.63) is 34.1 Å². The van der Waals surface area contributed by atoms with Gasteiger partial charge < -0.3 is 5.32 Å². The predicted octanol–water partition coefficient (Wildman–Crippen LogP) is 2.15. The number of sulfone groups is 1. The minimum Gasteiger partial charge on any atom is -0.313 e. The number of rotatable bonds is 6. The number of halogens is 2. The van der Waals surface area contributed by atoms with Crippen molar-refractivity contribution in [1.82, 2.24) is 5.32 Å². The highest BCUT2D eigenvalue weighted by molar-refractivity contribution is 9.10. The highest BCUT2D eigenvalue weighted by Crippen LogP contribution is 2.17. The summed E-state index contributed by atoms with van der Waals surface area (Å²) in [5, 5.41) is 3.07. The standard InChI is InChI=1S/C12H17BrFNO2S/c1-3-15-11(8-18(2,16)17)6-9-4-5-10(13)7-12(9)14/h4-5,7,11,15H,3,6,8H2,1-2H3. The molecule has 1 aromatic carbocycles. The Balaban J connectivity index is 2.82. The first-order chi connectivity index (χ1) is 8.31. The van der Waals surface area contributed by atoms with Gasteiger partial charge in [0.1, 0.15) is 15.7 Å². The summed E-state index contributed by atoms with van der Waals surface area (Å²) >= 11 is 3.19. The summed E-state index contributed by atoms with van der Waals surface area (Å²) in [6.07, 6.45) is 1.55. The average Bonchev–Trinajstić information content (AvgIpc) is 2.20. The van der Waals surface area contributed by atoms with Gasteiger partial charge in [0.05, 0.1) is 5.75 Å². The highest BCUT2D eigenvalue weighted by Gasteiger charge is 2.16. The molecule has 0 bridgehead atoms. The molecule has 3 nitrogen and oxygen atoms in total. The van der Waals surface area contributed by atoms with E-state index in [9.17, 15) is 12.8 Å². The largest absolute Gasteiger partial charge is 0.313 e. The maximum absolute atomic E-state index is 13.7. The van der Waals surface area contributed by atoms with Crippen LogP contribution in [0.15, 0.2) is 22.7 Å². The molecule has 0 saturated carbocycles. The van der Waals surface area contributed by atoms with Crippen LogP contribution in [0.1, 0.15) is 12.5 Å². The van der Waals surface area contributed by atoms with Crippen molar-refractivity contribution in [2.24, 2.45) is 0 Å². The molecule has 0 aliphatic carbocycles. The lowest BCUT2D eigenvalue weighted by Crippen LogP contribution is -2.37. The zero-order chi connectivity index (χ0) is 13.8. The van der Waals surface area contributed by atoms with Crippen LogP contribution in [0, 0.1) is 5.82 Å². The Bertz CT molecular complexity index is 505. The fourth-order valence-electron chi connectivity index (χ4n) is 1.80. The Morgan fingerprint density at radius 1 is 1.44 bits per heavy atom. The zero-order valence-electron chi connectivity index (χ0n) is 10.4. The van der Waals surface area contributed by atoms with Gasteiger partial charge in [-0.3, -0.25) is 0 Å². The van der Waals surface area contributed by atoms with E-state index in [1.165, 1.54) is 12.3 Å². The van der Waals surface area contributed by atoms with Crippen LogP contribution in [0.2, 0.25) is 0 Å². The molecule has 0 spiro atoms. The van der Waals surface area contributed by atoms with Crippen LogP contribution in [-0.4, -0.2) is 33.0 Å².